The lowest BCUT2D eigenvalue weighted by Crippen LogP contribution is -2.48. The fourth-order valence-corrected chi connectivity index (χ4v) is 5.09. The van der Waals surface area contributed by atoms with Gasteiger partial charge in [-0.2, -0.15) is 13.2 Å². The van der Waals surface area contributed by atoms with E-state index >= 15 is 0 Å². The molecule has 38 heavy (non-hydrogen) atoms. The second kappa shape index (κ2) is 10.4. The van der Waals surface area contributed by atoms with Crippen LogP contribution in [0.5, 0.6) is 0 Å². The van der Waals surface area contributed by atoms with Crippen LogP contribution in [0.25, 0.3) is 0 Å². The minimum Gasteiger partial charge on any atom is -0.368 e. The first kappa shape index (κ1) is 25.6. The van der Waals surface area contributed by atoms with E-state index in [1.165, 1.54) is 6.07 Å². The van der Waals surface area contributed by atoms with E-state index in [0.717, 1.165) is 29.8 Å². The Kier molecular flexibility index (Phi) is 7.01. The van der Waals surface area contributed by atoms with Crippen molar-refractivity contribution in [1.82, 2.24) is 9.80 Å². The predicted octanol–water partition coefficient (Wildman–Crippen LogP) is 5.64. The van der Waals surface area contributed by atoms with Crippen LogP contribution >= 0.6 is 0 Å². The first-order chi connectivity index (χ1) is 18.3. The minimum absolute atomic E-state index is 0.0102. The second-order valence-electron chi connectivity index (χ2n) is 9.54. The van der Waals surface area contributed by atoms with E-state index in [1.807, 2.05) is 53.1 Å². The summed E-state index contributed by atoms with van der Waals surface area (Å²) in [4.78, 5) is 31.4. The Morgan fingerprint density at radius 3 is 2.34 bits per heavy atom. The number of anilines is 2. The van der Waals surface area contributed by atoms with Gasteiger partial charge in [0.1, 0.15) is 6.17 Å². The fourth-order valence-electron chi connectivity index (χ4n) is 5.09. The number of hydrogen-bond donors (Lipinski definition) is 1. The second-order valence-corrected chi connectivity index (χ2v) is 9.54. The Hall–Kier alpha value is -4.01. The van der Waals surface area contributed by atoms with Crippen LogP contribution in [0.4, 0.5) is 24.5 Å². The molecule has 0 spiro atoms. The van der Waals surface area contributed by atoms with Gasteiger partial charge in [-0.05, 0) is 55.0 Å². The molecule has 5 rings (SSSR count). The molecule has 2 heterocycles. The highest BCUT2D eigenvalue weighted by Crippen LogP contribution is 2.35. The number of hydrogen-bond acceptors (Lipinski definition) is 4. The quantitative estimate of drug-likeness (QED) is 0.455. The number of nitrogens with zero attached hydrogens (tertiary/aromatic N) is 3. The number of piperazine rings is 1. The third-order valence-corrected chi connectivity index (χ3v) is 7.06. The molecule has 9 heteroatoms. The average Bonchev–Trinajstić information content (AvgIpc) is 3.19. The van der Waals surface area contributed by atoms with Gasteiger partial charge in [0.15, 0.2) is 0 Å². The zero-order valence-electron chi connectivity index (χ0n) is 21.0. The molecular formula is C29H29F3N4O2. The summed E-state index contributed by atoms with van der Waals surface area (Å²) in [6.07, 6.45) is -3.82. The number of carbonyl (C=O) groups excluding carboxylic acids is 2. The molecule has 1 saturated heterocycles. The first-order valence-corrected chi connectivity index (χ1v) is 12.7. The zero-order chi connectivity index (χ0) is 26.9. The number of rotatable bonds is 6. The van der Waals surface area contributed by atoms with Crippen LogP contribution in [-0.4, -0.2) is 54.3 Å². The van der Waals surface area contributed by atoms with Gasteiger partial charge >= 0.3 is 6.18 Å². The van der Waals surface area contributed by atoms with Gasteiger partial charge in [-0.15, -0.1) is 0 Å². The highest BCUT2D eigenvalue weighted by Gasteiger charge is 2.36. The lowest BCUT2D eigenvalue weighted by molar-refractivity contribution is -0.137. The normalized spacial score (nSPS) is 17.5. The van der Waals surface area contributed by atoms with Gasteiger partial charge in [0.05, 0.1) is 5.56 Å². The van der Waals surface area contributed by atoms with Gasteiger partial charge in [0, 0.05) is 60.8 Å². The van der Waals surface area contributed by atoms with E-state index in [2.05, 4.69) is 5.32 Å². The minimum atomic E-state index is -4.39. The summed E-state index contributed by atoms with van der Waals surface area (Å²) in [6, 6.07) is 20.1. The molecule has 0 aromatic heterocycles. The predicted molar refractivity (Wildman–Crippen MR) is 140 cm³/mol. The average molecular weight is 523 g/mol. The molecule has 1 atom stereocenters. The number of halogens is 3. The molecule has 0 aliphatic carbocycles. The van der Waals surface area contributed by atoms with Crippen molar-refractivity contribution in [3.05, 3.63) is 95.1 Å². The van der Waals surface area contributed by atoms with Crippen molar-refractivity contribution in [3.8, 4) is 0 Å². The van der Waals surface area contributed by atoms with E-state index in [9.17, 15) is 22.8 Å². The Morgan fingerprint density at radius 1 is 0.947 bits per heavy atom. The van der Waals surface area contributed by atoms with E-state index in [1.54, 1.807) is 23.1 Å². The van der Waals surface area contributed by atoms with E-state index < -0.39 is 11.7 Å². The molecule has 1 fully saturated rings. The molecular weight excluding hydrogens is 493 g/mol. The van der Waals surface area contributed by atoms with Crippen molar-refractivity contribution in [2.75, 3.05) is 42.9 Å². The molecule has 2 aliphatic rings. The molecule has 3 aromatic rings. The molecule has 1 N–H and O–H groups in total. The van der Waals surface area contributed by atoms with E-state index in [-0.39, 0.29) is 18.0 Å². The smallest absolute Gasteiger partial charge is 0.368 e. The number of carbonyl (C=O) groups is 2. The SMILES string of the molecule is CCCN1C(=O)c2ccccc2C1Nc1ccc(C(=O)N2CCN(c3cccc(C(F)(F)F)c3)CC2)cc1. The summed E-state index contributed by atoms with van der Waals surface area (Å²) in [7, 11) is 0. The largest absolute Gasteiger partial charge is 0.416 e. The first-order valence-electron chi connectivity index (χ1n) is 12.7. The maximum Gasteiger partial charge on any atom is 0.416 e. The van der Waals surface area contributed by atoms with Gasteiger partial charge < -0.3 is 20.0 Å². The molecule has 2 aliphatic heterocycles. The third-order valence-electron chi connectivity index (χ3n) is 7.06. The number of alkyl halides is 3. The molecule has 6 nitrogen and oxygen atoms in total. The maximum atomic E-state index is 13.1. The topological polar surface area (TPSA) is 55.9 Å². The number of amides is 2. The summed E-state index contributed by atoms with van der Waals surface area (Å²) in [6.45, 7) is 4.41. The van der Waals surface area contributed by atoms with Crippen molar-refractivity contribution in [3.63, 3.8) is 0 Å². The third kappa shape index (κ3) is 5.05. The van der Waals surface area contributed by atoms with Crippen molar-refractivity contribution in [1.29, 1.82) is 0 Å². The monoisotopic (exact) mass is 522 g/mol. The van der Waals surface area contributed by atoms with Gasteiger partial charge in [0.25, 0.3) is 11.8 Å². The highest BCUT2D eigenvalue weighted by molar-refractivity contribution is 5.99. The lowest BCUT2D eigenvalue weighted by Gasteiger charge is -2.36. The van der Waals surface area contributed by atoms with E-state index in [0.29, 0.717) is 49.5 Å². The summed E-state index contributed by atoms with van der Waals surface area (Å²) in [5.41, 5.74) is 2.80. The van der Waals surface area contributed by atoms with Crippen LogP contribution in [0.2, 0.25) is 0 Å². The summed E-state index contributed by atoms with van der Waals surface area (Å²) < 4.78 is 39.2. The molecule has 0 bridgehead atoms. The summed E-state index contributed by atoms with van der Waals surface area (Å²) in [5.74, 6) is -0.106. The Balaban J connectivity index is 1.22. The van der Waals surface area contributed by atoms with Crippen molar-refractivity contribution < 1.29 is 22.8 Å². The van der Waals surface area contributed by atoms with Crippen LogP contribution in [-0.2, 0) is 6.18 Å². The Labute approximate surface area is 219 Å². The van der Waals surface area contributed by atoms with Gasteiger partial charge in [-0.3, -0.25) is 9.59 Å². The number of nitrogens with one attached hydrogen (secondary N) is 1. The van der Waals surface area contributed by atoms with Crippen LogP contribution in [0.15, 0.2) is 72.8 Å². The zero-order valence-corrected chi connectivity index (χ0v) is 21.0. The van der Waals surface area contributed by atoms with Crippen molar-refractivity contribution >= 4 is 23.2 Å². The Bertz CT molecular complexity index is 1320. The summed E-state index contributed by atoms with van der Waals surface area (Å²) in [5, 5.41) is 3.44. The van der Waals surface area contributed by atoms with Gasteiger partial charge in [0.2, 0.25) is 0 Å². The van der Waals surface area contributed by atoms with Crippen LogP contribution in [0.3, 0.4) is 0 Å². The van der Waals surface area contributed by atoms with Crippen molar-refractivity contribution in [2.45, 2.75) is 25.7 Å². The molecule has 2 amide bonds. The van der Waals surface area contributed by atoms with Crippen LogP contribution in [0, 0.1) is 0 Å². The molecule has 0 saturated carbocycles. The van der Waals surface area contributed by atoms with Crippen LogP contribution in [0.1, 0.15) is 51.4 Å². The molecule has 3 aromatic carbocycles. The summed E-state index contributed by atoms with van der Waals surface area (Å²) >= 11 is 0. The number of fused-ring (bicyclic) bond motifs is 1. The lowest BCUT2D eigenvalue weighted by atomic mass is 10.1. The standard InChI is InChI=1S/C29H29F3N4O2/c1-2-14-36-26(24-8-3-4-9-25(24)28(36)38)33-22-12-10-20(11-13-22)27(37)35-17-15-34(16-18-35)23-7-5-6-21(19-23)29(30,31)32/h3-13,19,26,33H,2,14-18H2,1H3. The molecule has 198 valence electrons. The van der Waals surface area contributed by atoms with Gasteiger partial charge in [-0.25, -0.2) is 0 Å². The molecule has 0 radical (unpaired) electrons. The number of benzene rings is 3. The maximum absolute atomic E-state index is 13.1. The fraction of sp³-hybridized carbons (Fsp3) is 0.310. The van der Waals surface area contributed by atoms with Gasteiger partial charge in [-0.1, -0.05) is 31.2 Å². The van der Waals surface area contributed by atoms with E-state index in [4.69, 9.17) is 0 Å². The van der Waals surface area contributed by atoms with Crippen molar-refractivity contribution in [2.24, 2.45) is 0 Å². The molecule has 1 unspecified atom stereocenters. The highest BCUT2D eigenvalue weighted by atomic mass is 19.4. The van der Waals surface area contributed by atoms with Crippen LogP contribution < -0.4 is 10.2 Å². The Morgan fingerprint density at radius 2 is 1.66 bits per heavy atom.